The van der Waals surface area contributed by atoms with E-state index in [1.165, 1.54) is 22.1 Å². The van der Waals surface area contributed by atoms with E-state index in [9.17, 15) is 30.8 Å². The van der Waals surface area contributed by atoms with Gasteiger partial charge in [-0.25, -0.2) is 17.5 Å². The van der Waals surface area contributed by atoms with Crippen LogP contribution in [0.25, 0.3) is 6.08 Å². The molecule has 1 N–H and O–H groups in total. The number of benzene rings is 1. The molecule has 1 amide bonds. The van der Waals surface area contributed by atoms with Gasteiger partial charge in [-0.1, -0.05) is 0 Å². The number of sulfonamides is 1. The third-order valence-electron chi connectivity index (χ3n) is 2.75. The van der Waals surface area contributed by atoms with Crippen LogP contribution in [0.1, 0.15) is 21.5 Å². The molecule has 0 saturated heterocycles. The standard InChI is InChI=1S/C14H9F4NO3S2/c15-10-1-2-11(12(7-10)14(16,17)18)13(20)19-24(21,22)6-4-9-3-5-23-8-9/h1-8H,(H,19,20)/b6-4+. The van der Waals surface area contributed by atoms with E-state index in [-0.39, 0.29) is 6.07 Å². The normalized spacial score (nSPS) is 12.5. The van der Waals surface area contributed by atoms with Crippen LogP contribution >= 0.6 is 11.3 Å². The lowest BCUT2D eigenvalue weighted by Crippen LogP contribution is -2.30. The number of carbonyl (C=O) groups is 1. The number of nitrogens with one attached hydrogen (secondary N) is 1. The van der Waals surface area contributed by atoms with Gasteiger partial charge in [0.15, 0.2) is 0 Å². The smallest absolute Gasteiger partial charge is 0.268 e. The highest BCUT2D eigenvalue weighted by atomic mass is 32.2. The van der Waals surface area contributed by atoms with Crippen LogP contribution in [0.2, 0.25) is 0 Å². The molecule has 0 bridgehead atoms. The fourth-order valence-electron chi connectivity index (χ4n) is 1.71. The van der Waals surface area contributed by atoms with Crippen LogP contribution < -0.4 is 4.72 Å². The maximum absolute atomic E-state index is 13.0. The van der Waals surface area contributed by atoms with Gasteiger partial charge >= 0.3 is 6.18 Å². The Hall–Kier alpha value is -2.20. The summed E-state index contributed by atoms with van der Waals surface area (Å²) in [6, 6.07) is 2.95. The number of rotatable bonds is 4. The zero-order valence-corrected chi connectivity index (χ0v) is 13.3. The number of amides is 1. The largest absolute Gasteiger partial charge is 0.417 e. The summed E-state index contributed by atoms with van der Waals surface area (Å²) in [5.41, 5.74) is -2.00. The molecule has 0 aliphatic heterocycles. The highest BCUT2D eigenvalue weighted by molar-refractivity contribution is 7.93. The molecule has 0 aliphatic carbocycles. The quantitative estimate of drug-likeness (QED) is 0.825. The Balaban J connectivity index is 2.27. The van der Waals surface area contributed by atoms with Crippen LogP contribution in [0, 0.1) is 5.82 Å². The molecule has 10 heteroatoms. The minimum Gasteiger partial charge on any atom is -0.268 e. The summed E-state index contributed by atoms with van der Waals surface area (Å²) in [6.45, 7) is 0. The average Bonchev–Trinajstić information content (AvgIpc) is 2.97. The van der Waals surface area contributed by atoms with E-state index < -0.39 is 39.1 Å². The summed E-state index contributed by atoms with van der Waals surface area (Å²) in [4.78, 5) is 11.9. The highest BCUT2D eigenvalue weighted by Gasteiger charge is 2.36. The van der Waals surface area contributed by atoms with Gasteiger partial charge in [-0.3, -0.25) is 4.79 Å². The number of alkyl halides is 3. The SMILES string of the molecule is O=C(NS(=O)(=O)/C=C/c1ccsc1)c1ccc(F)cc1C(F)(F)F. The van der Waals surface area contributed by atoms with Crippen molar-refractivity contribution in [1.29, 1.82) is 0 Å². The third kappa shape index (κ3) is 4.65. The van der Waals surface area contributed by atoms with Crippen molar-refractivity contribution in [2.24, 2.45) is 0 Å². The lowest BCUT2D eigenvalue weighted by Gasteiger charge is -2.12. The van der Waals surface area contributed by atoms with Crippen molar-refractivity contribution < 1.29 is 30.8 Å². The molecule has 2 rings (SSSR count). The van der Waals surface area contributed by atoms with Crippen LogP contribution in [-0.4, -0.2) is 14.3 Å². The Morgan fingerprint density at radius 1 is 1.21 bits per heavy atom. The topological polar surface area (TPSA) is 63.2 Å². The number of thiophene rings is 1. The Kier molecular flexibility index (Phi) is 5.09. The summed E-state index contributed by atoms with van der Waals surface area (Å²) in [5.74, 6) is -2.70. The Morgan fingerprint density at radius 3 is 2.50 bits per heavy atom. The van der Waals surface area contributed by atoms with E-state index in [0.717, 1.165) is 0 Å². The van der Waals surface area contributed by atoms with Crippen LogP contribution in [0.5, 0.6) is 0 Å². The van der Waals surface area contributed by atoms with Crippen LogP contribution in [-0.2, 0) is 16.2 Å². The fraction of sp³-hybridized carbons (Fsp3) is 0.0714. The van der Waals surface area contributed by atoms with Gasteiger partial charge in [-0.2, -0.15) is 24.5 Å². The van der Waals surface area contributed by atoms with Gasteiger partial charge in [-0.05, 0) is 46.7 Å². The molecule has 24 heavy (non-hydrogen) atoms. The molecule has 128 valence electrons. The summed E-state index contributed by atoms with van der Waals surface area (Å²) in [7, 11) is -4.31. The van der Waals surface area contributed by atoms with Gasteiger partial charge in [0.1, 0.15) is 5.82 Å². The Morgan fingerprint density at radius 2 is 1.92 bits per heavy atom. The minimum atomic E-state index is -5.01. The van der Waals surface area contributed by atoms with E-state index in [0.29, 0.717) is 23.1 Å². The molecule has 2 aromatic rings. The first-order valence-corrected chi connectivity index (χ1v) is 8.71. The highest BCUT2D eigenvalue weighted by Crippen LogP contribution is 2.32. The minimum absolute atomic E-state index is 0.128. The molecule has 1 heterocycles. The van der Waals surface area contributed by atoms with Crippen molar-refractivity contribution >= 4 is 33.3 Å². The molecule has 4 nitrogen and oxygen atoms in total. The molecule has 1 aromatic heterocycles. The summed E-state index contributed by atoms with van der Waals surface area (Å²) in [5, 5.41) is 3.98. The Labute approximate surface area is 138 Å². The predicted molar refractivity (Wildman–Crippen MR) is 81.1 cm³/mol. The first-order chi connectivity index (χ1) is 11.1. The van der Waals surface area contributed by atoms with Crippen molar-refractivity contribution in [3.05, 3.63) is 62.9 Å². The van der Waals surface area contributed by atoms with Crippen LogP contribution in [0.4, 0.5) is 17.6 Å². The van der Waals surface area contributed by atoms with Gasteiger partial charge in [0.25, 0.3) is 15.9 Å². The summed E-state index contributed by atoms with van der Waals surface area (Å²) in [6.07, 6.45) is -3.83. The molecular formula is C14H9F4NO3S2. The molecule has 0 unspecified atom stereocenters. The van der Waals surface area contributed by atoms with Crippen molar-refractivity contribution in [2.75, 3.05) is 0 Å². The molecule has 0 spiro atoms. The number of hydrogen-bond acceptors (Lipinski definition) is 4. The molecule has 1 aromatic carbocycles. The molecule has 0 aliphatic rings. The van der Waals surface area contributed by atoms with Crippen LogP contribution in [0.15, 0.2) is 40.4 Å². The van der Waals surface area contributed by atoms with Gasteiger partial charge in [-0.15, -0.1) is 0 Å². The number of hydrogen-bond donors (Lipinski definition) is 1. The number of carbonyl (C=O) groups excluding carboxylic acids is 1. The Bertz CT molecular complexity index is 872. The lowest BCUT2D eigenvalue weighted by atomic mass is 10.1. The molecule has 0 fully saturated rings. The molecule has 0 radical (unpaired) electrons. The summed E-state index contributed by atoms with van der Waals surface area (Å²) < 4.78 is 76.6. The second-order valence-electron chi connectivity index (χ2n) is 4.52. The first-order valence-electron chi connectivity index (χ1n) is 6.23. The van der Waals surface area contributed by atoms with E-state index in [1.54, 1.807) is 16.8 Å². The van der Waals surface area contributed by atoms with E-state index in [2.05, 4.69) is 0 Å². The number of halogens is 4. The predicted octanol–water partition coefficient (Wildman–Crippen LogP) is 3.64. The fourth-order valence-corrected chi connectivity index (χ4v) is 3.11. The van der Waals surface area contributed by atoms with E-state index >= 15 is 0 Å². The molecule has 0 saturated carbocycles. The second-order valence-corrected chi connectivity index (χ2v) is 6.87. The van der Waals surface area contributed by atoms with E-state index in [4.69, 9.17) is 0 Å². The van der Waals surface area contributed by atoms with Gasteiger partial charge in [0, 0.05) is 0 Å². The van der Waals surface area contributed by atoms with Crippen molar-refractivity contribution in [3.8, 4) is 0 Å². The zero-order valence-electron chi connectivity index (χ0n) is 11.7. The second kappa shape index (κ2) is 6.73. The maximum Gasteiger partial charge on any atom is 0.417 e. The van der Waals surface area contributed by atoms with Crippen molar-refractivity contribution in [3.63, 3.8) is 0 Å². The lowest BCUT2D eigenvalue weighted by molar-refractivity contribution is -0.138. The van der Waals surface area contributed by atoms with Gasteiger partial charge in [0.2, 0.25) is 0 Å². The van der Waals surface area contributed by atoms with Crippen molar-refractivity contribution in [1.82, 2.24) is 4.72 Å². The van der Waals surface area contributed by atoms with E-state index in [1.807, 2.05) is 0 Å². The van der Waals surface area contributed by atoms with Crippen LogP contribution in [0.3, 0.4) is 0 Å². The zero-order chi connectivity index (χ0) is 18.0. The molecule has 0 atom stereocenters. The third-order valence-corrected chi connectivity index (χ3v) is 4.42. The average molecular weight is 379 g/mol. The van der Waals surface area contributed by atoms with Gasteiger partial charge < -0.3 is 0 Å². The summed E-state index contributed by atoms with van der Waals surface area (Å²) >= 11 is 1.31. The molecular weight excluding hydrogens is 370 g/mol. The van der Waals surface area contributed by atoms with Gasteiger partial charge in [0.05, 0.1) is 16.5 Å². The maximum atomic E-state index is 13.0. The monoisotopic (exact) mass is 379 g/mol. The van der Waals surface area contributed by atoms with Crippen molar-refractivity contribution in [2.45, 2.75) is 6.18 Å². The first kappa shape index (κ1) is 18.1.